The van der Waals surface area contributed by atoms with Crippen LogP contribution in [-0.2, 0) is 5.75 Å². The molecular formula is C12H15N3OS. The predicted octanol–water partition coefficient (Wildman–Crippen LogP) is 2.88. The Morgan fingerprint density at radius 1 is 1.41 bits per heavy atom. The van der Waals surface area contributed by atoms with Crippen molar-refractivity contribution in [3.8, 4) is 11.5 Å². The highest BCUT2D eigenvalue weighted by Crippen LogP contribution is 2.25. The molecule has 0 aliphatic carbocycles. The van der Waals surface area contributed by atoms with E-state index in [9.17, 15) is 0 Å². The number of nitrogens with two attached hydrogens (primary N) is 1. The molecule has 0 atom stereocenters. The third-order valence-corrected chi connectivity index (χ3v) is 3.21. The summed E-state index contributed by atoms with van der Waals surface area (Å²) in [5.41, 5.74) is 8.49. The van der Waals surface area contributed by atoms with Crippen LogP contribution < -0.4 is 5.73 Å². The predicted molar refractivity (Wildman–Crippen MR) is 70.7 cm³/mol. The van der Waals surface area contributed by atoms with Gasteiger partial charge in [-0.1, -0.05) is 23.7 Å². The van der Waals surface area contributed by atoms with Crippen molar-refractivity contribution in [2.24, 2.45) is 0 Å². The summed E-state index contributed by atoms with van der Waals surface area (Å²) in [4.78, 5) is 4.34. The Bertz CT molecular complexity index is 510. The minimum absolute atomic E-state index is 0.498. The monoisotopic (exact) mass is 249 g/mol. The number of hydrogen-bond donors (Lipinski definition) is 1. The van der Waals surface area contributed by atoms with Crippen LogP contribution in [0, 0.1) is 6.92 Å². The molecule has 0 aliphatic rings. The Hall–Kier alpha value is -1.49. The van der Waals surface area contributed by atoms with E-state index in [1.54, 1.807) is 11.8 Å². The molecule has 1 aromatic carbocycles. The van der Waals surface area contributed by atoms with Gasteiger partial charge in [0.2, 0.25) is 0 Å². The molecule has 5 heteroatoms. The highest BCUT2D eigenvalue weighted by atomic mass is 32.2. The second-order valence-corrected chi connectivity index (χ2v) is 5.02. The molecule has 0 saturated carbocycles. The summed E-state index contributed by atoms with van der Waals surface area (Å²) in [6.07, 6.45) is 0. The van der Waals surface area contributed by atoms with Gasteiger partial charge in [0.1, 0.15) is 0 Å². The molecule has 0 saturated heterocycles. The number of rotatable bonds is 4. The Balaban J connectivity index is 2.27. The molecule has 0 unspecified atom stereocenters. The van der Waals surface area contributed by atoms with E-state index in [0.717, 1.165) is 22.6 Å². The van der Waals surface area contributed by atoms with Gasteiger partial charge in [-0.15, -0.1) is 0 Å². The molecule has 1 aromatic heterocycles. The molecule has 0 radical (unpaired) electrons. The Kier molecular flexibility index (Phi) is 3.68. The fraction of sp³-hybridized carbons (Fsp3) is 0.333. The summed E-state index contributed by atoms with van der Waals surface area (Å²) in [5, 5.41) is 3.94. The van der Waals surface area contributed by atoms with Crippen LogP contribution in [0.15, 0.2) is 22.7 Å². The number of nitrogens with zero attached hydrogens (tertiary/aromatic N) is 2. The van der Waals surface area contributed by atoms with Gasteiger partial charge in [-0.25, -0.2) is 0 Å². The maximum Gasteiger partial charge on any atom is 0.260 e. The first-order valence-electron chi connectivity index (χ1n) is 5.47. The summed E-state index contributed by atoms with van der Waals surface area (Å²) >= 11 is 1.76. The van der Waals surface area contributed by atoms with E-state index in [1.165, 1.54) is 0 Å². The van der Waals surface area contributed by atoms with Crippen molar-refractivity contribution in [2.45, 2.75) is 19.6 Å². The van der Waals surface area contributed by atoms with Crippen molar-refractivity contribution in [2.75, 3.05) is 11.5 Å². The number of nitrogen functional groups attached to an aromatic ring is 1. The van der Waals surface area contributed by atoms with Crippen molar-refractivity contribution < 1.29 is 4.52 Å². The largest absolute Gasteiger partial charge is 0.398 e. The summed E-state index contributed by atoms with van der Waals surface area (Å²) in [6, 6.07) is 5.78. The van der Waals surface area contributed by atoms with E-state index in [-0.39, 0.29) is 0 Å². The summed E-state index contributed by atoms with van der Waals surface area (Å²) in [5.74, 6) is 3.02. The standard InChI is InChI=1S/C12H15N3OS/c1-3-17-7-11-14-12(16-15-11)9-6-8(2)4-5-10(9)13/h4-6H,3,7,13H2,1-2H3. The molecule has 17 heavy (non-hydrogen) atoms. The second-order valence-electron chi connectivity index (χ2n) is 3.74. The summed E-state index contributed by atoms with van der Waals surface area (Å²) in [7, 11) is 0. The van der Waals surface area contributed by atoms with Crippen molar-refractivity contribution >= 4 is 17.4 Å². The van der Waals surface area contributed by atoms with Crippen molar-refractivity contribution in [1.29, 1.82) is 0 Å². The van der Waals surface area contributed by atoms with Crippen LogP contribution in [0.5, 0.6) is 0 Å². The molecule has 0 fully saturated rings. The van der Waals surface area contributed by atoms with Crippen molar-refractivity contribution in [1.82, 2.24) is 10.1 Å². The molecule has 4 nitrogen and oxygen atoms in total. The van der Waals surface area contributed by atoms with E-state index in [4.69, 9.17) is 10.3 Å². The highest BCUT2D eigenvalue weighted by molar-refractivity contribution is 7.98. The molecule has 2 aromatic rings. The number of aryl methyl sites for hydroxylation is 1. The van der Waals surface area contributed by atoms with E-state index in [2.05, 4.69) is 17.1 Å². The number of benzene rings is 1. The SMILES string of the molecule is CCSCc1noc(-c2cc(C)ccc2N)n1. The number of thioether (sulfide) groups is 1. The third-order valence-electron chi connectivity index (χ3n) is 2.34. The van der Waals surface area contributed by atoms with Gasteiger partial charge in [0, 0.05) is 5.69 Å². The molecule has 0 aliphatic heterocycles. The fourth-order valence-corrected chi connectivity index (χ4v) is 1.97. The maximum absolute atomic E-state index is 5.90. The highest BCUT2D eigenvalue weighted by Gasteiger charge is 2.11. The lowest BCUT2D eigenvalue weighted by molar-refractivity contribution is 0.425. The van der Waals surface area contributed by atoms with Crippen LogP contribution in [0.25, 0.3) is 11.5 Å². The van der Waals surface area contributed by atoms with Gasteiger partial charge in [0.05, 0.1) is 11.3 Å². The van der Waals surface area contributed by atoms with Gasteiger partial charge in [0.15, 0.2) is 5.82 Å². The van der Waals surface area contributed by atoms with Crippen LogP contribution in [-0.4, -0.2) is 15.9 Å². The minimum Gasteiger partial charge on any atom is -0.398 e. The van der Waals surface area contributed by atoms with Gasteiger partial charge < -0.3 is 10.3 Å². The lowest BCUT2D eigenvalue weighted by Crippen LogP contribution is -1.91. The van der Waals surface area contributed by atoms with Gasteiger partial charge in [-0.3, -0.25) is 0 Å². The zero-order valence-corrected chi connectivity index (χ0v) is 10.8. The molecule has 2 rings (SSSR count). The fourth-order valence-electron chi connectivity index (χ4n) is 1.47. The van der Waals surface area contributed by atoms with Crippen molar-refractivity contribution in [3.05, 3.63) is 29.6 Å². The number of aromatic nitrogens is 2. The topological polar surface area (TPSA) is 64.9 Å². The Morgan fingerprint density at radius 2 is 2.24 bits per heavy atom. The zero-order valence-electron chi connectivity index (χ0n) is 9.93. The molecule has 1 heterocycles. The number of hydrogen-bond acceptors (Lipinski definition) is 5. The molecule has 90 valence electrons. The minimum atomic E-state index is 0.498. The van der Waals surface area contributed by atoms with E-state index < -0.39 is 0 Å². The van der Waals surface area contributed by atoms with Crippen LogP contribution in [0.2, 0.25) is 0 Å². The number of anilines is 1. The van der Waals surface area contributed by atoms with Crippen LogP contribution >= 0.6 is 11.8 Å². The second kappa shape index (κ2) is 5.23. The first-order valence-corrected chi connectivity index (χ1v) is 6.63. The van der Waals surface area contributed by atoms with Gasteiger partial charge in [0.25, 0.3) is 5.89 Å². The Morgan fingerprint density at radius 3 is 3.00 bits per heavy atom. The zero-order chi connectivity index (χ0) is 12.3. The molecule has 0 spiro atoms. The van der Waals surface area contributed by atoms with Crippen LogP contribution in [0.1, 0.15) is 18.3 Å². The van der Waals surface area contributed by atoms with Crippen LogP contribution in [0.3, 0.4) is 0 Å². The normalized spacial score (nSPS) is 10.7. The maximum atomic E-state index is 5.90. The van der Waals surface area contributed by atoms with E-state index >= 15 is 0 Å². The lowest BCUT2D eigenvalue weighted by atomic mass is 10.1. The quantitative estimate of drug-likeness (QED) is 0.844. The molecule has 0 bridgehead atoms. The van der Waals surface area contributed by atoms with Gasteiger partial charge >= 0.3 is 0 Å². The van der Waals surface area contributed by atoms with E-state index in [1.807, 2.05) is 25.1 Å². The molecule has 0 amide bonds. The van der Waals surface area contributed by atoms with E-state index in [0.29, 0.717) is 17.4 Å². The molecule has 2 N–H and O–H groups in total. The van der Waals surface area contributed by atoms with Gasteiger partial charge in [-0.05, 0) is 24.8 Å². The third kappa shape index (κ3) is 2.79. The van der Waals surface area contributed by atoms with Crippen molar-refractivity contribution in [3.63, 3.8) is 0 Å². The average molecular weight is 249 g/mol. The first-order chi connectivity index (χ1) is 8.20. The van der Waals surface area contributed by atoms with Gasteiger partial charge in [-0.2, -0.15) is 16.7 Å². The summed E-state index contributed by atoms with van der Waals surface area (Å²) < 4.78 is 5.23. The average Bonchev–Trinajstić information content (AvgIpc) is 2.78. The van der Waals surface area contributed by atoms with Crippen LogP contribution in [0.4, 0.5) is 5.69 Å². The smallest absolute Gasteiger partial charge is 0.260 e. The molecular weight excluding hydrogens is 234 g/mol. The summed E-state index contributed by atoms with van der Waals surface area (Å²) in [6.45, 7) is 4.11. The lowest BCUT2D eigenvalue weighted by Gasteiger charge is -2.01. The first kappa shape index (κ1) is 12.0. The Labute approximate surface area is 105 Å².